The van der Waals surface area contributed by atoms with Crippen LogP contribution in [0.15, 0.2) is 47.4 Å². The largest absolute Gasteiger partial charge is 0.504 e. The lowest BCUT2D eigenvalue weighted by molar-refractivity contribution is -0.127. The van der Waals surface area contributed by atoms with E-state index in [-0.39, 0.29) is 22.9 Å². The maximum Gasteiger partial charge on any atom is 0.294 e. The zero-order valence-corrected chi connectivity index (χ0v) is 16.8. The third kappa shape index (κ3) is 4.97. The van der Waals surface area contributed by atoms with Crippen LogP contribution in [0.5, 0.6) is 11.5 Å². The van der Waals surface area contributed by atoms with Gasteiger partial charge in [-0.25, -0.2) is 0 Å². The Morgan fingerprint density at radius 2 is 1.93 bits per heavy atom. The molecule has 0 bridgehead atoms. The minimum atomic E-state index is -0.537. The maximum atomic E-state index is 12.6. The van der Waals surface area contributed by atoms with Crippen LogP contribution < -0.4 is 10.1 Å². The number of phenolic OH excluding ortho intramolecular Hbond substituents is 1. The molecule has 2 aromatic carbocycles. The molecule has 7 nitrogen and oxygen atoms in total. The van der Waals surface area contributed by atoms with Crippen molar-refractivity contribution in [2.24, 2.45) is 0 Å². The predicted octanol–water partition coefficient (Wildman–Crippen LogP) is 3.77. The Morgan fingerprint density at radius 1 is 1.21 bits per heavy atom. The van der Waals surface area contributed by atoms with Crippen molar-refractivity contribution in [3.8, 4) is 11.5 Å². The van der Waals surface area contributed by atoms with E-state index in [1.165, 1.54) is 12.1 Å². The second kappa shape index (κ2) is 8.83. The first kappa shape index (κ1) is 20.5. The standard InChI is InChI=1S/C21H20N2O5S/c1-3-28-17-10-14(6-9-16(17)24)11-18-20(26)23(21(27)29-18)12-19(25)22-15-7-4-13(2)5-8-15/h4-11,24H,3,12H2,1-2H3,(H,22,25)/b18-11-. The highest BCUT2D eigenvalue weighted by Crippen LogP contribution is 2.34. The number of rotatable bonds is 6. The van der Waals surface area contributed by atoms with E-state index >= 15 is 0 Å². The van der Waals surface area contributed by atoms with Gasteiger partial charge in [0.15, 0.2) is 11.5 Å². The zero-order valence-electron chi connectivity index (χ0n) is 16.0. The number of phenols is 1. The summed E-state index contributed by atoms with van der Waals surface area (Å²) in [5.74, 6) is -0.714. The topological polar surface area (TPSA) is 95.9 Å². The van der Waals surface area contributed by atoms with Crippen molar-refractivity contribution < 1.29 is 24.2 Å². The van der Waals surface area contributed by atoms with E-state index in [0.29, 0.717) is 17.9 Å². The summed E-state index contributed by atoms with van der Waals surface area (Å²) in [6, 6.07) is 11.9. The number of aromatic hydroxyl groups is 1. The molecule has 0 radical (unpaired) electrons. The smallest absolute Gasteiger partial charge is 0.294 e. The number of anilines is 1. The van der Waals surface area contributed by atoms with Crippen molar-refractivity contribution in [3.05, 3.63) is 58.5 Å². The van der Waals surface area contributed by atoms with Gasteiger partial charge in [-0.3, -0.25) is 19.3 Å². The molecule has 1 fully saturated rings. The average Bonchev–Trinajstić information content (AvgIpc) is 2.94. The summed E-state index contributed by atoms with van der Waals surface area (Å²) in [4.78, 5) is 38.1. The number of carbonyl (C=O) groups is 3. The molecule has 150 valence electrons. The second-order valence-electron chi connectivity index (χ2n) is 6.34. The number of imide groups is 1. The minimum absolute atomic E-state index is 0.00937. The van der Waals surface area contributed by atoms with E-state index in [9.17, 15) is 19.5 Å². The van der Waals surface area contributed by atoms with Gasteiger partial charge in [0.05, 0.1) is 11.5 Å². The van der Waals surface area contributed by atoms with Crippen LogP contribution in [-0.2, 0) is 9.59 Å². The average molecular weight is 412 g/mol. The molecule has 0 spiro atoms. The van der Waals surface area contributed by atoms with Gasteiger partial charge in [-0.15, -0.1) is 0 Å². The molecule has 2 N–H and O–H groups in total. The summed E-state index contributed by atoms with van der Waals surface area (Å²) >= 11 is 0.766. The zero-order chi connectivity index (χ0) is 21.0. The normalized spacial score (nSPS) is 15.1. The van der Waals surface area contributed by atoms with Gasteiger partial charge in [-0.05, 0) is 61.5 Å². The molecule has 1 aliphatic rings. The van der Waals surface area contributed by atoms with Crippen molar-refractivity contribution >= 4 is 40.6 Å². The van der Waals surface area contributed by atoms with Crippen LogP contribution in [0, 0.1) is 6.92 Å². The first-order chi connectivity index (χ1) is 13.9. The van der Waals surface area contributed by atoms with Gasteiger partial charge in [0, 0.05) is 5.69 Å². The van der Waals surface area contributed by atoms with Gasteiger partial charge in [0.25, 0.3) is 11.1 Å². The summed E-state index contributed by atoms with van der Waals surface area (Å²) in [5.41, 5.74) is 2.25. The SMILES string of the molecule is CCOc1cc(/C=C2\SC(=O)N(CC(=O)Nc3ccc(C)cc3)C2=O)ccc1O. The van der Waals surface area contributed by atoms with Crippen LogP contribution in [0.3, 0.4) is 0 Å². The fourth-order valence-electron chi connectivity index (χ4n) is 2.66. The van der Waals surface area contributed by atoms with Crippen LogP contribution in [0.2, 0.25) is 0 Å². The number of nitrogens with one attached hydrogen (secondary N) is 1. The van der Waals surface area contributed by atoms with E-state index < -0.39 is 17.1 Å². The molecule has 2 aromatic rings. The number of ether oxygens (including phenoxy) is 1. The summed E-state index contributed by atoms with van der Waals surface area (Å²) in [7, 11) is 0. The molecule has 1 heterocycles. The molecule has 1 saturated heterocycles. The Hall–Kier alpha value is -3.26. The number of hydrogen-bond donors (Lipinski definition) is 2. The molecule has 3 amide bonds. The summed E-state index contributed by atoms with van der Waals surface area (Å²) < 4.78 is 5.33. The molecule has 0 saturated carbocycles. The van der Waals surface area contributed by atoms with Crippen molar-refractivity contribution in [2.75, 3.05) is 18.5 Å². The van der Waals surface area contributed by atoms with Crippen molar-refractivity contribution in [2.45, 2.75) is 13.8 Å². The van der Waals surface area contributed by atoms with E-state index in [2.05, 4.69) is 5.32 Å². The van der Waals surface area contributed by atoms with Crippen molar-refractivity contribution in [1.29, 1.82) is 0 Å². The van der Waals surface area contributed by atoms with Crippen LogP contribution in [0.1, 0.15) is 18.1 Å². The Balaban J connectivity index is 1.70. The third-order valence-corrected chi connectivity index (χ3v) is 5.00. The van der Waals surface area contributed by atoms with Gasteiger partial charge >= 0.3 is 0 Å². The number of amides is 3. The molecular weight excluding hydrogens is 392 g/mol. The minimum Gasteiger partial charge on any atom is -0.504 e. The molecule has 1 aliphatic heterocycles. The lowest BCUT2D eigenvalue weighted by Crippen LogP contribution is -2.36. The summed E-state index contributed by atoms with van der Waals surface area (Å²) in [6.45, 7) is 3.74. The molecule has 8 heteroatoms. The van der Waals surface area contributed by atoms with Gasteiger partial charge in [0.2, 0.25) is 5.91 Å². The highest BCUT2D eigenvalue weighted by atomic mass is 32.2. The van der Waals surface area contributed by atoms with Gasteiger partial charge < -0.3 is 15.2 Å². The van der Waals surface area contributed by atoms with Gasteiger partial charge in [-0.1, -0.05) is 23.8 Å². The highest BCUT2D eigenvalue weighted by molar-refractivity contribution is 8.18. The van der Waals surface area contributed by atoms with Crippen LogP contribution in [0.4, 0.5) is 10.5 Å². The Morgan fingerprint density at radius 3 is 2.62 bits per heavy atom. The molecule has 0 aromatic heterocycles. The predicted molar refractivity (Wildman–Crippen MR) is 112 cm³/mol. The Kier molecular flexibility index (Phi) is 6.23. The number of nitrogens with zero attached hydrogens (tertiary/aromatic N) is 1. The van der Waals surface area contributed by atoms with Gasteiger partial charge in [-0.2, -0.15) is 0 Å². The van der Waals surface area contributed by atoms with Crippen molar-refractivity contribution in [1.82, 2.24) is 4.90 Å². The number of hydrogen-bond acceptors (Lipinski definition) is 6. The molecule has 3 rings (SSSR count). The number of benzene rings is 2. The van der Waals surface area contributed by atoms with E-state index in [0.717, 1.165) is 22.2 Å². The highest BCUT2D eigenvalue weighted by Gasteiger charge is 2.36. The molecular formula is C21H20N2O5S. The van der Waals surface area contributed by atoms with Crippen molar-refractivity contribution in [3.63, 3.8) is 0 Å². The van der Waals surface area contributed by atoms with Crippen LogP contribution in [0.25, 0.3) is 6.08 Å². The summed E-state index contributed by atoms with van der Waals surface area (Å²) in [6.07, 6.45) is 1.53. The first-order valence-electron chi connectivity index (χ1n) is 8.95. The molecule has 0 atom stereocenters. The lowest BCUT2D eigenvalue weighted by atomic mass is 10.2. The number of carbonyl (C=O) groups excluding carboxylic acids is 3. The third-order valence-electron chi connectivity index (χ3n) is 4.09. The fourth-order valence-corrected chi connectivity index (χ4v) is 3.50. The quantitative estimate of drug-likeness (QED) is 0.701. The molecule has 0 unspecified atom stereocenters. The number of aryl methyl sites for hydroxylation is 1. The Labute approximate surface area is 172 Å². The van der Waals surface area contributed by atoms with E-state index in [1.807, 2.05) is 19.1 Å². The fraction of sp³-hybridized carbons (Fsp3) is 0.190. The van der Waals surface area contributed by atoms with Gasteiger partial charge in [0.1, 0.15) is 6.54 Å². The number of thioether (sulfide) groups is 1. The monoisotopic (exact) mass is 412 g/mol. The second-order valence-corrected chi connectivity index (χ2v) is 7.34. The van der Waals surface area contributed by atoms with Crippen LogP contribution >= 0.6 is 11.8 Å². The molecule has 29 heavy (non-hydrogen) atoms. The van der Waals surface area contributed by atoms with Crippen LogP contribution in [-0.4, -0.2) is 40.2 Å². The first-order valence-corrected chi connectivity index (χ1v) is 9.76. The molecule has 0 aliphatic carbocycles. The summed E-state index contributed by atoms with van der Waals surface area (Å²) in [5, 5.41) is 11.9. The van der Waals surface area contributed by atoms with E-state index in [1.54, 1.807) is 31.2 Å². The maximum absolute atomic E-state index is 12.6. The lowest BCUT2D eigenvalue weighted by Gasteiger charge is -2.12. The Bertz CT molecular complexity index is 985. The van der Waals surface area contributed by atoms with E-state index in [4.69, 9.17) is 4.74 Å².